The molecule has 0 fully saturated rings. The molecule has 1 aliphatic rings. The molecular weight excluding hydrogens is 831 g/mol. The van der Waals surface area contributed by atoms with E-state index in [0.717, 1.165) is 75.6 Å². The second kappa shape index (κ2) is 12.9. The minimum absolute atomic E-state index is 0.191. The molecule has 0 spiro atoms. The topological polar surface area (TPSA) is 34.1 Å². The van der Waals surface area contributed by atoms with Gasteiger partial charge in [-0.3, -0.25) is 9.59 Å². The van der Waals surface area contributed by atoms with Gasteiger partial charge >= 0.3 is 17.8 Å². The van der Waals surface area contributed by atoms with Gasteiger partial charge in [-0.05, 0) is 85.6 Å². The van der Waals surface area contributed by atoms with Crippen LogP contribution in [0.1, 0.15) is 40.2 Å². The summed E-state index contributed by atoms with van der Waals surface area (Å²) < 4.78 is 97.0. The van der Waals surface area contributed by atoms with E-state index in [2.05, 4.69) is 0 Å². The Bertz CT molecular complexity index is 2700. The highest BCUT2D eigenvalue weighted by molar-refractivity contribution is 7.25. The molecule has 276 valence electrons. The summed E-state index contributed by atoms with van der Waals surface area (Å²) in [7, 11) is 0. The Balaban J connectivity index is 1.17. The number of thiophene rings is 6. The van der Waals surface area contributed by atoms with Crippen LogP contribution in [-0.2, 0) is 0 Å². The van der Waals surface area contributed by atoms with Crippen molar-refractivity contribution in [1.82, 2.24) is 0 Å². The third-order valence-corrected chi connectivity index (χ3v) is 16.5. The lowest BCUT2D eigenvalue weighted by Gasteiger charge is -2.26. The van der Waals surface area contributed by atoms with Crippen LogP contribution in [0.2, 0.25) is 0 Å². The standard InChI is InChI=1S/C41H22F6O2S6/c1-19-35(25-7-3-21(15-33(25)50-19)27-11-13-31(54-27)29-9-5-23(17-48)52-29)37-38(40(44,45)41(46,47)39(37,42)43)36-20(2)51-34-16-22(4-8-26(34)36)28-12-14-32(55-28)30-10-6-24(18-49)53-30/h3-18H,1-2H3. The Labute approximate surface area is 333 Å². The number of carbonyl (C=O) groups excluding carboxylic acids is 2. The van der Waals surface area contributed by atoms with Crippen molar-refractivity contribution in [2.24, 2.45) is 0 Å². The van der Waals surface area contributed by atoms with E-state index in [9.17, 15) is 9.59 Å². The second-order valence-corrected chi connectivity index (χ2v) is 19.8. The highest BCUT2D eigenvalue weighted by Crippen LogP contribution is 2.67. The van der Waals surface area contributed by atoms with Gasteiger partial charge in [0.1, 0.15) is 0 Å². The Kier molecular flexibility index (Phi) is 8.57. The van der Waals surface area contributed by atoms with Crippen molar-refractivity contribution >= 4 is 112 Å². The molecule has 55 heavy (non-hydrogen) atoms. The van der Waals surface area contributed by atoms with Gasteiger partial charge in [-0.2, -0.15) is 26.3 Å². The van der Waals surface area contributed by atoms with E-state index < -0.39 is 28.9 Å². The SMILES string of the molecule is Cc1sc2cc(-c3ccc(-c4ccc(C=O)s4)s3)ccc2c1C1=C(c2c(C)sc3cc(-c4ccc(-c5ccc(C=O)s5)s4)ccc23)C(F)(F)C(F)(F)C1(F)F. The van der Waals surface area contributed by atoms with Crippen molar-refractivity contribution in [3.8, 4) is 40.4 Å². The first-order chi connectivity index (χ1) is 26.2. The fraction of sp³-hybridized carbons (Fsp3) is 0.122. The van der Waals surface area contributed by atoms with Gasteiger partial charge in [-0.15, -0.1) is 68.0 Å². The molecule has 0 saturated carbocycles. The number of alkyl halides is 6. The van der Waals surface area contributed by atoms with Gasteiger partial charge in [-0.1, -0.05) is 24.3 Å². The van der Waals surface area contributed by atoms with Gasteiger partial charge in [0.2, 0.25) is 0 Å². The molecule has 2 nitrogen and oxygen atoms in total. The molecule has 0 bridgehead atoms. The Morgan fingerprint density at radius 2 is 0.818 bits per heavy atom. The van der Waals surface area contributed by atoms with Crippen molar-refractivity contribution < 1.29 is 35.9 Å². The number of aldehydes is 2. The summed E-state index contributed by atoms with van der Waals surface area (Å²) in [6.45, 7) is 2.99. The van der Waals surface area contributed by atoms with Crippen molar-refractivity contribution in [1.29, 1.82) is 0 Å². The minimum atomic E-state index is -5.69. The van der Waals surface area contributed by atoms with E-state index in [0.29, 0.717) is 19.2 Å². The molecular formula is C41H22F6O2S6. The predicted molar refractivity (Wildman–Crippen MR) is 219 cm³/mol. The molecule has 6 heterocycles. The number of aryl methyl sites for hydroxylation is 2. The van der Waals surface area contributed by atoms with Crippen LogP contribution in [-0.4, -0.2) is 30.3 Å². The van der Waals surface area contributed by atoms with Gasteiger partial charge in [-0.25, -0.2) is 0 Å². The monoisotopic (exact) mass is 852 g/mol. The Hall–Kier alpha value is -4.18. The van der Waals surface area contributed by atoms with Gasteiger partial charge in [0.25, 0.3) is 0 Å². The lowest BCUT2D eigenvalue weighted by Crippen LogP contribution is -2.48. The zero-order valence-electron chi connectivity index (χ0n) is 28.3. The summed E-state index contributed by atoms with van der Waals surface area (Å²) in [5, 5.41) is 0.383. The molecule has 0 N–H and O–H groups in total. The van der Waals surface area contributed by atoms with Crippen molar-refractivity contribution in [2.75, 3.05) is 0 Å². The minimum Gasteiger partial charge on any atom is -0.297 e. The maximum atomic E-state index is 16.2. The van der Waals surface area contributed by atoms with E-state index in [1.807, 2.05) is 36.4 Å². The van der Waals surface area contributed by atoms with Crippen LogP contribution in [0.15, 0.2) is 84.9 Å². The normalized spacial score (nSPS) is 16.1. The molecule has 0 radical (unpaired) electrons. The highest BCUT2D eigenvalue weighted by Gasteiger charge is 2.80. The third-order valence-electron chi connectivity index (χ3n) is 9.65. The third kappa shape index (κ3) is 5.51. The maximum absolute atomic E-state index is 16.2. The van der Waals surface area contributed by atoms with Crippen LogP contribution in [0, 0.1) is 13.8 Å². The molecule has 0 atom stereocenters. The fourth-order valence-electron chi connectivity index (χ4n) is 7.10. The molecule has 0 unspecified atom stereocenters. The summed E-state index contributed by atoms with van der Waals surface area (Å²) in [5.74, 6) is -16.1. The van der Waals surface area contributed by atoms with E-state index >= 15 is 26.3 Å². The summed E-state index contributed by atoms with van der Waals surface area (Å²) in [5.41, 5.74) is -1.79. The van der Waals surface area contributed by atoms with E-state index in [4.69, 9.17) is 0 Å². The summed E-state index contributed by atoms with van der Waals surface area (Å²) in [6, 6.07) is 24.8. The van der Waals surface area contributed by atoms with E-state index in [1.54, 1.807) is 48.5 Å². The molecule has 14 heteroatoms. The first-order valence-electron chi connectivity index (χ1n) is 16.5. The molecule has 8 aromatic rings. The summed E-state index contributed by atoms with van der Waals surface area (Å²) >= 11 is 7.84. The highest BCUT2D eigenvalue weighted by atomic mass is 32.1. The first kappa shape index (κ1) is 36.5. The molecule has 2 aromatic carbocycles. The number of benzene rings is 2. The molecule has 9 rings (SSSR count). The molecule has 1 aliphatic carbocycles. The lowest BCUT2D eigenvalue weighted by atomic mass is 9.91. The summed E-state index contributed by atoms with van der Waals surface area (Å²) in [6.07, 6.45) is 1.57. The van der Waals surface area contributed by atoms with Gasteiger partial charge in [0.15, 0.2) is 12.6 Å². The molecule has 6 aromatic heterocycles. The zero-order valence-corrected chi connectivity index (χ0v) is 33.2. The number of rotatable bonds is 8. The number of fused-ring (bicyclic) bond motifs is 2. The average molecular weight is 853 g/mol. The maximum Gasteiger partial charge on any atom is 0.380 e. The number of hydrogen-bond acceptors (Lipinski definition) is 8. The number of carbonyl (C=O) groups is 2. The number of hydrogen-bond donors (Lipinski definition) is 0. The van der Waals surface area contributed by atoms with E-state index in [1.165, 1.54) is 59.2 Å². The predicted octanol–water partition coefficient (Wildman–Crippen LogP) is 15.1. The van der Waals surface area contributed by atoms with Crippen LogP contribution in [0.5, 0.6) is 0 Å². The number of halogens is 6. The van der Waals surface area contributed by atoms with Gasteiger partial charge in [0, 0.05) is 81.5 Å². The van der Waals surface area contributed by atoms with Crippen LogP contribution >= 0.6 is 68.0 Å². The van der Waals surface area contributed by atoms with E-state index in [-0.39, 0.29) is 31.7 Å². The average Bonchev–Trinajstić information content (AvgIpc) is 4.01. The van der Waals surface area contributed by atoms with Crippen LogP contribution in [0.4, 0.5) is 26.3 Å². The lowest BCUT2D eigenvalue weighted by molar-refractivity contribution is -0.254. The zero-order chi connectivity index (χ0) is 38.6. The summed E-state index contributed by atoms with van der Waals surface area (Å²) in [4.78, 5) is 29.4. The van der Waals surface area contributed by atoms with Crippen molar-refractivity contribution in [3.63, 3.8) is 0 Å². The van der Waals surface area contributed by atoms with Gasteiger partial charge in [0.05, 0.1) is 9.75 Å². The quantitative estimate of drug-likeness (QED) is 0.113. The Morgan fingerprint density at radius 1 is 0.455 bits per heavy atom. The van der Waals surface area contributed by atoms with Gasteiger partial charge < -0.3 is 0 Å². The van der Waals surface area contributed by atoms with Crippen LogP contribution in [0.25, 0.3) is 71.7 Å². The number of allylic oxidation sites excluding steroid dienone is 2. The Morgan fingerprint density at radius 3 is 1.20 bits per heavy atom. The largest absolute Gasteiger partial charge is 0.380 e. The smallest absolute Gasteiger partial charge is 0.297 e. The van der Waals surface area contributed by atoms with Crippen LogP contribution < -0.4 is 0 Å². The molecule has 0 saturated heterocycles. The first-order valence-corrected chi connectivity index (χ1v) is 21.4. The molecule has 0 amide bonds. The van der Waals surface area contributed by atoms with Crippen molar-refractivity contribution in [2.45, 2.75) is 31.6 Å². The molecule has 0 aliphatic heterocycles. The van der Waals surface area contributed by atoms with Crippen molar-refractivity contribution in [3.05, 3.63) is 116 Å². The second-order valence-electron chi connectivity index (χ2n) is 12.9. The van der Waals surface area contributed by atoms with Crippen LogP contribution in [0.3, 0.4) is 0 Å². The fourth-order valence-corrected chi connectivity index (χ4v) is 13.2.